The summed E-state index contributed by atoms with van der Waals surface area (Å²) >= 11 is 1.95. The van der Waals surface area contributed by atoms with E-state index < -0.39 is 0 Å². The predicted molar refractivity (Wildman–Crippen MR) is 79.9 cm³/mol. The molecule has 1 unspecified atom stereocenters. The van der Waals surface area contributed by atoms with Crippen molar-refractivity contribution < 1.29 is 0 Å². The van der Waals surface area contributed by atoms with Crippen molar-refractivity contribution in [1.82, 2.24) is 10.2 Å². The van der Waals surface area contributed by atoms with Crippen LogP contribution in [0.15, 0.2) is 0 Å². The molecule has 0 bridgehead atoms. The highest BCUT2D eigenvalue weighted by atomic mass is 32.2. The molecule has 0 aromatic rings. The third kappa shape index (κ3) is 5.62. The third-order valence-corrected chi connectivity index (χ3v) is 4.66. The summed E-state index contributed by atoms with van der Waals surface area (Å²) in [6, 6.07) is 0. The van der Waals surface area contributed by atoms with Gasteiger partial charge >= 0.3 is 0 Å². The molecular weight excluding hydrogens is 228 g/mol. The minimum Gasteiger partial charge on any atom is -0.316 e. The van der Waals surface area contributed by atoms with Gasteiger partial charge in [-0.05, 0) is 69.3 Å². The SMILES string of the molecule is CSCCCN(C)CC(C)(C)C1CCCNC1. The summed E-state index contributed by atoms with van der Waals surface area (Å²) in [7, 11) is 2.28. The molecule has 1 aliphatic heterocycles. The molecule has 17 heavy (non-hydrogen) atoms. The first kappa shape index (κ1) is 15.3. The molecule has 0 aromatic carbocycles. The van der Waals surface area contributed by atoms with Crippen LogP contribution in [0.1, 0.15) is 33.1 Å². The first-order chi connectivity index (χ1) is 8.06. The number of hydrogen-bond donors (Lipinski definition) is 1. The molecular formula is C14H30N2S. The molecule has 0 spiro atoms. The highest BCUT2D eigenvalue weighted by Gasteiger charge is 2.31. The van der Waals surface area contributed by atoms with Gasteiger partial charge in [-0.1, -0.05) is 13.8 Å². The van der Waals surface area contributed by atoms with Crippen LogP contribution in [-0.2, 0) is 0 Å². The number of rotatable bonds is 7. The van der Waals surface area contributed by atoms with E-state index in [0.717, 1.165) is 5.92 Å². The van der Waals surface area contributed by atoms with Crippen LogP contribution in [0.3, 0.4) is 0 Å². The van der Waals surface area contributed by atoms with Crippen molar-refractivity contribution >= 4 is 11.8 Å². The lowest BCUT2D eigenvalue weighted by Crippen LogP contribution is -2.44. The van der Waals surface area contributed by atoms with Gasteiger partial charge in [0, 0.05) is 6.54 Å². The molecule has 1 atom stereocenters. The van der Waals surface area contributed by atoms with Crippen LogP contribution in [0.4, 0.5) is 0 Å². The van der Waals surface area contributed by atoms with Gasteiger partial charge in [-0.25, -0.2) is 0 Å². The molecule has 0 aliphatic carbocycles. The van der Waals surface area contributed by atoms with Crippen LogP contribution in [-0.4, -0.2) is 50.1 Å². The Morgan fingerprint density at radius 2 is 2.18 bits per heavy atom. The lowest BCUT2D eigenvalue weighted by Gasteiger charge is -2.40. The molecule has 3 heteroatoms. The van der Waals surface area contributed by atoms with Gasteiger partial charge in [0.1, 0.15) is 0 Å². The number of nitrogens with zero attached hydrogens (tertiary/aromatic N) is 1. The second-order valence-corrected chi connectivity index (χ2v) is 7.10. The van der Waals surface area contributed by atoms with Gasteiger partial charge in [-0.2, -0.15) is 11.8 Å². The molecule has 0 aromatic heterocycles. The van der Waals surface area contributed by atoms with E-state index >= 15 is 0 Å². The van der Waals surface area contributed by atoms with Crippen molar-refractivity contribution in [2.45, 2.75) is 33.1 Å². The van der Waals surface area contributed by atoms with Gasteiger partial charge in [-0.15, -0.1) is 0 Å². The zero-order chi connectivity index (χ0) is 12.7. The third-order valence-electron chi connectivity index (χ3n) is 3.97. The van der Waals surface area contributed by atoms with Crippen LogP contribution < -0.4 is 5.32 Å². The molecule has 1 fully saturated rings. The van der Waals surface area contributed by atoms with Crippen molar-refractivity contribution in [2.24, 2.45) is 11.3 Å². The van der Waals surface area contributed by atoms with E-state index in [1.807, 2.05) is 11.8 Å². The predicted octanol–water partition coefficient (Wildman–Crippen LogP) is 2.70. The summed E-state index contributed by atoms with van der Waals surface area (Å²) in [4.78, 5) is 2.52. The van der Waals surface area contributed by atoms with E-state index in [4.69, 9.17) is 0 Å². The maximum absolute atomic E-state index is 3.54. The summed E-state index contributed by atoms with van der Waals surface area (Å²) in [5.41, 5.74) is 0.446. The van der Waals surface area contributed by atoms with E-state index in [9.17, 15) is 0 Å². The van der Waals surface area contributed by atoms with Gasteiger partial charge in [-0.3, -0.25) is 0 Å². The maximum atomic E-state index is 3.54. The standard InChI is InChI=1S/C14H30N2S/c1-14(2,13-7-5-8-15-11-13)12-16(3)9-6-10-17-4/h13,15H,5-12H2,1-4H3. The minimum absolute atomic E-state index is 0.446. The molecule has 0 saturated carbocycles. The van der Waals surface area contributed by atoms with E-state index in [1.165, 1.54) is 51.2 Å². The van der Waals surface area contributed by atoms with Crippen LogP contribution in [0.5, 0.6) is 0 Å². The summed E-state index contributed by atoms with van der Waals surface area (Å²) < 4.78 is 0. The molecule has 1 heterocycles. The number of nitrogens with one attached hydrogen (secondary N) is 1. The zero-order valence-corrected chi connectivity index (χ0v) is 12.9. The van der Waals surface area contributed by atoms with Gasteiger partial charge in [0.2, 0.25) is 0 Å². The summed E-state index contributed by atoms with van der Waals surface area (Å²) in [5, 5.41) is 3.54. The first-order valence-electron chi connectivity index (χ1n) is 6.94. The largest absolute Gasteiger partial charge is 0.316 e. The highest BCUT2D eigenvalue weighted by molar-refractivity contribution is 7.98. The Balaban J connectivity index is 2.30. The number of thioether (sulfide) groups is 1. The molecule has 1 saturated heterocycles. The summed E-state index contributed by atoms with van der Waals surface area (Å²) in [6.07, 6.45) is 6.26. The van der Waals surface area contributed by atoms with Gasteiger partial charge < -0.3 is 10.2 Å². The zero-order valence-electron chi connectivity index (χ0n) is 12.1. The van der Waals surface area contributed by atoms with Gasteiger partial charge in [0.05, 0.1) is 0 Å². The Bertz CT molecular complexity index is 200. The molecule has 0 amide bonds. The number of hydrogen-bond acceptors (Lipinski definition) is 3. The van der Waals surface area contributed by atoms with E-state index in [0.29, 0.717) is 5.41 Å². The fourth-order valence-corrected chi connectivity index (χ4v) is 3.32. The maximum Gasteiger partial charge on any atom is 0.00328 e. The smallest absolute Gasteiger partial charge is 0.00328 e. The van der Waals surface area contributed by atoms with E-state index in [1.54, 1.807) is 0 Å². The first-order valence-corrected chi connectivity index (χ1v) is 8.34. The molecule has 1 rings (SSSR count). The van der Waals surface area contributed by atoms with Crippen LogP contribution in [0.2, 0.25) is 0 Å². The Hall–Kier alpha value is 0.270. The minimum atomic E-state index is 0.446. The second kappa shape index (κ2) is 7.65. The van der Waals surface area contributed by atoms with E-state index in [-0.39, 0.29) is 0 Å². The van der Waals surface area contributed by atoms with Crippen molar-refractivity contribution in [3.63, 3.8) is 0 Å². The fourth-order valence-electron chi connectivity index (χ4n) is 2.90. The van der Waals surface area contributed by atoms with E-state index in [2.05, 4.69) is 37.4 Å². The molecule has 1 N–H and O–H groups in total. The Morgan fingerprint density at radius 3 is 2.76 bits per heavy atom. The fraction of sp³-hybridized carbons (Fsp3) is 1.00. The molecule has 102 valence electrons. The van der Waals surface area contributed by atoms with Crippen molar-refractivity contribution in [2.75, 3.05) is 45.2 Å². The van der Waals surface area contributed by atoms with Crippen molar-refractivity contribution in [3.05, 3.63) is 0 Å². The summed E-state index contributed by atoms with van der Waals surface area (Å²) in [5.74, 6) is 2.13. The topological polar surface area (TPSA) is 15.3 Å². The Labute approximate surface area is 112 Å². The molecule has 2 nitrogen and oxygen atoms in total. The average Bonchev–Trinajstić information content (AvgIpc) is 2.30. The van der Waals surface area contributed by atoms with Crippen LogP contribution in [0, 0.1) is 11.3 Å². The highest BCUT2D eigenvalue weighted by Crippen LogP contribution is 2.32. The normalized spacial score (nSPS) is 22.1. The van der Waals surface area contributed by atoms with Crippen LogP contribution >= 0.6 is 11.8 Å². The average molecular weight is 258 g/mol. The quantitative estimate of drug-likeness (QED) is 0.707. The second-order valence-electron chi connectivity index (χ2n) is 6.12. The Morgan fingerprint density at radius 1 is 1.41 bits per heavy atom. The summed E-state index contributed by atoms with van der Waals surface area (Å²) in [6.45, 7) is 9.78. The number of piperidine rings is 1. The Kier molecular flexibility index (Phi) is 6.90. The molecule has 1 aliphatic rings. The monoisotopic (exact) mass is 258 g/mol. The van der Waals surface area contributed by atoms with Gasteiger partial charge in [0.15, 0.2) is 0 Å². The van der Waals surface area contributed by atoms with Crippen LogP contribution in [0.25, 0.3) is 0 Å². The lowest BCUT2D eigenvalue weighted by molar-refractivity contribution is 0.115. The molecule has 0 radical (unpaired) electrons. The van der Waals surface area contributed by atoms with Crippen molar-refractivity contribution in [3.8, 4) is 0 Å². The lowest BCUT2D eigenvalue weighted by atomic mass is 9.74. The van der Waals surface area contributed by atoms with Gasteiger partial charge in [0.25, 0.3) is 0 Å². The van der Waals surface area contributed by atoms with Crippen molar-refractivity contribution in [1.29, 1.82) is 0 Å².